The molecule has 1 fully saturated rings. The summed E-state index contributed by atoms with van der Waals surface area (Å²) in [5.74, 6) is 0.173. The smallest absolute Gasteiger partial charge is 0.238 e. The van der Waals surface area contributed by atoms with Crippen molar-refractivity contribution >= 4 is 15.8 Å². The number of carbonyl (C=O) groups is 1. The second-order valence-electron chi connectivity index (χ2n) is 7.02. The average molecular weight is 391 g/mol. The Labute approximate surface area is 159 Å². The van der Waals surface area contributed by atoms with E-state index in [9.17, 15) is 13.2 Å². The van der Waals surface area contributed by atoms with Crippen LogP contribution in [0, 0.1) is 0 Å². The molecule has 1 aliphatic carbocycles. The number of Topliss-reactive ketones (excluding diaryl/α,β-unsaturated/α-hetero) is 1. The van der Waals surface area contributed by atoms with Crippen molar-refractivity contribution in [2.45, 2.75) is 55.8 Å². The highest BCUT2D eigenvalue weighted by molar-refractivity contribution is 7.89. The summed E-state index contributed by atoms with van der Waals surface area (Å²) in [4.78, 5) is 12.7. The Morgan fingerprint density at radius 2 is 1.85 bits per heavy atom. The van der Waals surface area contributed by atoms with E-state index in [1.165, 1.54) is 18.6 Å². The molecule has 27 heavy (non-hydrogen) atoms. The van der Waals surface area contributed by atoms with Crippen molar-refractivity contribution in [3.8, 4) is 11.3 Å². The van der Waals surface area contributed by atoms with Crippen LogP contribution >= 0.6 is 0 Å². The second-order valence-corrected chi connectivity index (χ2v) is 8.58. The SMILES string of the molecule is NS(=O)(=O)c1ccc(-c2[nH]nc(C(=O)CCCO)c2C2CCCCC2)cc1. The van der Waals surface area contributed by atoms with Crippen molar-refractivity contribution in [2.75, 3.05) is 6.61 Å². The minimum atomic E-state index is -3.75. The van der Waals surface area contributed by atoms with Crippen molar-refractivity contribution in [1.82, 2.24) is 10.2 Å². The van der Waals surface area contributed by atoms with Crippen molar-refractivity contribution in [2.24, 2.45) is 5.14 Å². The number of nitrogens with one attached hydrogen (secondary N) is 1. The van der Waals surface area contributed by atoms with Crippen LogP contribution in [0.1, 0.15) is 66.9 Å². The van der Waals surface area contributed by atoms with Gasteiger partial charge in [-0.25, -0.2) is 13.6 Å². The molecule has 4 N–H and O–H groups in total. The van der Waals surface area contributed by atoms with Gasteiger partial charge in [-0.15, -0.1) is 0 Å². The number of benzene rings is 1. The van der Waals surface area contributed by atoms with Gasteiger partial charge < -0.3 is 5.11 Å². The third kappa shape index (κ3) is 4.45. The monoisotopic (exact) mass is 391 g/mol. The van der Waals surface area contributed by atoms with Crippen LogP contribution in [0.15, 0.2) is 29.2 Å². The Morgan fingerprint density at radius 1 is 1.19 bits per heavy atom. The van der Waals surface area contributed by atoms with Crippen molar-refractivity contribution in [1.29, 1.82) is 0 Å². The number of aliphatic hydroxyl groups is 1. The number of aromatic amines is 1. The first kappa shape index (κ1) is 19.7. The van der Waals surface area contributed by atoms with Crippen LogP contribution in [0.5, 0.6) is 0 Å². The van der Waals surface area contributed by atoms with Gasteiger partial charge >= 0.3 is 0 Å². The first-order chi connectivity index (χ1) is 12.9. The number of nitrogens with two attached hydrogens (primary N) is 1. The summed E-state index contributed by atoms with van der Waals surface area (Å²) in [6, 6.07) is 6.29. The molecule has 8 heteroatoms. The molecule has 0 spiro atoms. The molecule has 0 saturated heterocycles. The number of hydrogen-bond donors (Lipinski definition) is 3. The summed E-state index contributed by atoms with van der Waals surface area (Å²) in [7, 11) is -3.75. The summed E-state index contributed by atoms with van der Waals surface area (Å²) in [6.45, 7) is -0.0309. The maximum absolute atomic E-state index is 12.6. The highest BCUT2D eigenvalue weighted by Gasteiger charge is 2.28. The molecule has 0 atom stereocenters. The Hall–Kier alpha value is -2.03. The lowest BCUT2D eigenvalue weighted by Crippen LogP contribution is -2.12. The molecular weight excluding hydrogens is 366 g/mol. The Balaban J connectivity index is 2.01. The van der Waals surface area contributed by atoms with E-state index in [0.717, 1.165) is 42.5 Å². The summed E-state index contributed by atoms with van der Waals surface area (Å²) in [5.41, 5.74) is 2.90. The van der Waals surface area contributed by atoms with Crippen LogP contribution in [-0.4, -0.2) is 36.1 Å². The minimum Gasteiger partial charge on any atom is -0.396 e. The fourth-order valence-electron chi connectivity index (χ4n) is 3.74. The van der Waals surface area contributed by atoms with Gasteiger partial charge in [0.1, 0.15) is 5.69 Å². The van der Waals surface area contributed by atoms with Crippen molar-refractivity contribution < 1.29 is 18.3 Å². The fourth-order valence-corrected chi connectivity index (χ4v) is 4.26. The molecule has 7 nitrogen and oxygen atoms in total. The number of aliphatic hydroxyl groups excluding tert-OH is 1. The number of primary sulfonamides is 1. The zero-order chi connectivity index (χ0) is 19.4. The average Bonchev–Trinajstić information content (AvgIpc) is 3.11. The van der Waals surface area contributed by atoms with Crippen LogP contribution in [0.25, 0.3) is 11.3 Å². The molecule has 0 aliphatic heterocycles. The summed E-state index contributed by atoms with van der Waals surface area (Å²) >= 11 is 0. The topological polar surface area (TPSA) is 126 Å². The number of hydrogen-bond acceptors (Lipinski definition) is 5. The van der Waals surface area contributed by atoms with Crippen LogP contribution in [-0.2, 0) is 10.0 Å². The van der Waals surface area contributed by atoms with Crippen LogP contribution in [0.4, 0.5) is 0 Å². The quantitative estimate of drug-likeness (QED) is 0.626. The van der Waals surface area contributed by atoms with E-state index in [0.29, 0.717) is 12.1 Å². The number of ketones is 1. The van der Waals surface area contributed by atoms with Crippen LogP contribution in [0.2, 0.25) is 0 Å². The minimum absolute atomic E-state index is 0.0309. The van der Waals surface area contributed by atoms with Gasteiger partial charge in [-0.1, -0.05) is 31.4 Å². The van der Waals surface area contributed by atoms with E-state index in [2.05, 4.69) is 10.2 Å². The number of H-pyrrole nitrogens is 1. The molecule has 1 aromatic carbocycles. The molecule has 0 unspecified atom stereocenters. The first-order valence-corrected chi connectivity index (χ1v) is 10.8. The van der Waals surface area contributed by atoms with E-state index in [1.54, 1.807) is 12.1 Å². The summed E-state index contributed by atoms with van der Waals surface area (Å²) in [6.07, 6.45) is 6.09. The molecule has 146 valence electrons. The number of nitrogens with zero attached hydrogens (tertiary/aromatic N) is 1. The first-order valence-electron chi connectivity index (χ1n) is 9.27. The Bertz CT molecular complexity index is 898. The second kappa shape index (κ2) is 8.33. The number of rotatable bonds is 7. The number of sulfonamides is 1. The van der Waals surface area contributed by atoms with Crippen molar-refractivity contribution in [3.63, 3.8) is 0 Å². The van der Waals surface area contributed by atoms with Gasteiger partial charge in [0.05, 0.1) is 10.6 Å². The number of carbonyl (C=O) groups excluding carboxylic acids is 1. The molecule has 1 heterocycles. The molecular formula is C19H25N3O4S. The maximum Gasteiger partial charge on any atom is 0.238 e. The van der Waals surface area contributed by atoms with Gasteiger partial charge in [0.2, 0.25) is 10.0 Å². The van der Waals surface area contributed by atoms with E-state index < -0.39 is 10.0 Å². The van der Waals surface area contributed by atoms with Gasteiger partial charge in [0, 0.05) is 18.6 Å². The molecule has 1 saturated carbocycles. The van der Waals surface area contributed by atoms with Gasteiger partial charge in [-0.2, -0.15) is 5.10 Å². The van der Waals surface area contributed by atoms with E-state index in [-0.39, 0.29) is 29.6 Å². The predicted octanol–water partition coefficient (Wildman–Crippen LogP) is 2.73. The molecule has 0 radical (unpaired) electrons. The lowest BCUT2D eigenvalue weighted by molar-refractivity contribution is 0.0964. The highest BCUT2D eigenvalue weighted by Crippen LogP contribution is 2.39. The van der Waals surface area contributed by atoms with E-state index in [4.69, 9.17) is 10.2 Å². The molecule has 0 bridgehead atoms. The van der Waals surface area contributed by atoms with Crippen LogP contribution in [0.3, 0.4) is 0 Å². The fraction of sp³-hybridized carbons (Fsp3) is 0.474. The van der Waals surface area contributed by atoms with Crippen molar-refractivity contribution in [3.05, 3.63) is 35.5 Å². The molecule has 3 rings (SSSR count). The summed E-state index contributed by atoms with van der Waals surface area (Å²) in [5, 5.41) is 21.5. The number of aromatic nitrogens is 2. The maximum atomic E-state index is 12.6. The van der Waals surface area contributed by atoms with E-state index in [1.807, 2.05) is 0 Å². The van der Waals surface area contributed by atoms with Gasteiger partial charge in [0.15, 0.2) is 5.78 Å². The Morgan fingerprint density at radius 3 is 2.44 bits per heavy atom. The lowest BCUT2D eigenvalue weighted by Gasteiger charge is -2.23. The van der Waals surface area contributed by atoms with Gasteiger partial charge in [-0.05, 0) is 42.9 Å². The highest BCUT2D eigenvalue weighted by atomic mass is 32.2. The summed E-state index contributed by atoms with van der Waals surface area (Å²) < 4.78 is 23.0. The zero-order valence-electron chi connectivity index (χ0n) is 15.1. The third-order valence-corrected chi connectivity index (χ3v) is 6.04. The van der Waals surface area contributed by atoms with Gasteiger partial charge in [-0.3, -0.25) is 9.89 Å². The Kier molecular flexibility index (Phi) is 6.08. The van der Waals surface area contributed by atoms with Gasteiger partial charge in [0.25, 0.3) is 0 Å². The molecule has 2 aromatic rings. The lowest BCUT2D eigenvalue weighted by atomic mass is 9.81. The van der Waals surface area contributed by atoms with Crippen LogP contribution < -0.4 is 5.14 Å². The molecule has 0 amide bonds. The molecule has 1 aromatic heterocycles. The normalized spacial score (nSPS) is 15.8. The largest absolute Gasteiger partial charge is 0.396 e. The standard InChI is InChI=1S/C19H25N3O4S/c20-27(25,26)15-10-8-14(9-11-15)18-17(13-5-2-1-3-6-13)19(22-21-18)16(24)7-4-12-23/h8-11,13,23H,1-7,12H2,(H,21,22)(H2,20,25,26). The zero-order valence-corrected chi connectivity index (χ0v) is 16.0. The van der Waals surface area contributed by atoms with E-state index >= 15 is 0 Å². The third-order valence-electron chi connectivity index (χ3n) is 5.11. The predicted molar refractivity (Wildman–Crippen MR) is 102 cm³/mol. The molecule has 1 aliphatic rings.